The molecule has 0 saturated carbocycles. The third-order valence-electron chi connectivity index (χ3n) is 6.92. The molecule has 5 heteroatoms. The zero-order chi connectivity index (χ0) is 23.2. The average molecular weight is 466 g/mol. The Hall–Kier alpha value is -2.14. The number of benzene rings is 2. The molecule has 0 radical (unpaired) electrons. The summed E-state index contributed by atoms with van der Waals surface area (Å²) < 4.78 is 7.80. The molecule has 0 amide bonds. The quantitative estimate of drug-likeness (QED) is 0.352. The first kappa shape index (κ1) is 24.0. The molecule has 2 heterocycles. The number of piperidine rings is 1. The van der Waals surface area contributed by atoms with E-state index in [0.717, 1.165) is 44.0 Å². The van der Waals surface area contributed by atoms with Crippen LogP contribution in [0.5, 0.6) is 0 Å². The maximum Gasteiger partial charge on any atom is 0.152 e. The lowest BCUT2D eigenvalue weighted by atomic mass is 9.95. The van der Waals surface area contributed by atoms with Crippen molar-refractivity contribution < 1.29 is 4.74 Å². The molecule has 0 spiro atoms. The van der Waals surface area contributed by atoms with Crippen molar-refractivity contribution in [2.24, 2.45) is 0 Å². The average Bonchev–Trinajstić information content (AvgIpc) is 3.17. The van der Waals surface area contributed by atoms with Gasteiger partial charge in [-0.1, -0.05) is 80.4 Å². The van der Waals surface area contributed by atoms with Gasteiger partial charge >= 0.3 is 0 Å². The van der Waals surface area contributed by atoms with E-state index in [9.17, 15) is 0 Å². The van der Waals surface area contributed by atoms with Gasteiger partial charge in [-0.15, -0.1) is 0 Å². The fourth-order valence-corrected chi connectivity index (χ4v) is 5.42. The van der Waals surface area contributed by atoms with Crippen molar-refractivity contribution in [1.82, 2.24) is 14.5 Å². The fraction of sp³-hybridized carbons (Fsp3) is 0.464. The second-order valence-corrected chi connectivity index (χ2v) is 9.23. The predicted octanol–water partition coefficient (Wildman–Crippen LogP) is 6.70. The molecule has 176 valence electrons. The van der Waals surface area contributed by atoms with Gasteiger partial charge in [-0.25, -0.2) is 4.98 Å². The highest BCUT2D eigenvalue weighted by atomic mass is 35.5. The number of aryl methyl sites for hydroxylation is 2. The lowest BCUT2D eigenvalue weighted by Gasteiger charge is -2.36. The number of imidazole rings is 1. The van der Waals surface area contributed by atoms with Gasteiger partial charge in [-0.2, -0.15) is 0 Å². The first-order chi connectivity index (χ1) is 16.2. The highest BCUT2D eigenvalue weighted by molar-refractivity contribution is 6.30. The van der Waals surface area contributed by atoms with Crippen molar-refractivity contribution in [2.75, 3.05) is 20.3 Å². The minimum atomic E-state index is 0.416. The first-order valence-electron chi connectivity index (χ1n) is 12.3. The Balaban J connectivity index is 1.76. The standard InChI is InChI=1S/C28H36ClN3O/c1-4-21-14-11-15-22(5-2)26(21)28-30-27(29)25(32(28)18-19-33-3)20-31-17-10-9-16-24(31)23-12-7-6-8-13-23/h6-8,11-15,24H,4-5,9-10,16-20H2,1-3H3. The Morgan fingerprint density at radius 2 is 1.73 bits per heavy atom. The van der Waals surface area contributed by atoms with Crippen LogP contribution in [0.2, 0.25) is 5.15 Å². The minimum Gasteiger partial charge on any atom is -0.383 e. The molecule has 1 unspecified atom stereocenters. The number of hydrogen-bond donors (Lipinski definition) is 0. The van der Waals surface area contributed by atoms with E-state index in [-0.39, 0.29) is 0 Å². The molecule has 0 N–H and O–H groups in total. The summed E-state index contributed by atoms with van der Waals surface area (Å²) in [6, 6.07) is 17.9. The van der Waals surface area contributed by atoms with Crippen molar-refractivity contribution in [2.45, 2.75) is 65.1 Å². The van der Waals surface area contributed by atoms with Crippen LogP contribution in [0.15, 0.2) is 48.5 Å². The highest BCUT2D eigenvalue weighted by Crippen LogP contribution is 2.36. The number of aromatic nitrogens is 2. The normalized spacial score (nSPS) is 16.9. The van der Waals surface area contributed by atoms with Crippen LogP contribution in [0.25, 0.3) is 11.4 Å². The summed E-state index contributed by atoms with van der Waals surface area (Å²) in [6.07, 6.45) is 5.60. The van der Waals surface area contributed by atoms with Crippen LogP contribution in [-0.2, 0) is 30.7 Å². The maximum absolute atomic E-state index is 6.88. The van der Waals surface area contributed by atoms with Gasteiger partial charge in [-0.3, -0.25) is 4.90 Å². The second-order valence-electron chi connectivity index (χ2n) is 8.87. The van der Waals surface area contributed by atoms with Crippen molar-refractivity contribution >= 4 is 11.6 Å². The van der Waals surface area contributed by atoms with Gasteiger partial charge in [0.1, 0.15) is 5.82 Å². The Bertz CT molecular complexity index is 1020. The van der Waals surface area contributed by atoms with Crippen LogP contribution in [-0.4, -0.2) is 34.7 Å². The zero-order valence-electron chi connectivity index (χ0n) is 20.2. The maximum atomic E-state index is 6.88. The van der Waals surface area contributed by atoms with E-state index in [0.29, 0.717) is 17.8 Å². The monoisotopic (exact) mass is 465 g/mol. The molecular weight excluding hydrogens is 430 g/mol. The second kappa shape index (κ2) is 11.3. The molecule has 33 heavy (non-hydrogen) atoms. The summed E-state index contributed by atoms with van der Waals surface area (Å²) in [5.41, 5.74) is 6.37. The van der Waals surface area contributed by atoms with E-state index >= 15 is 0 Å². The van der Waals surface area contributed by atoms with Gasteiger partial charge in [0.2, 0.25) is 0 Å². The number of hydrogen-bond acceptors (Lipinski definition) is 3. The topological polar surface area (TPSA) is 30.3 Å². The van der Waals surface area contributed by atoms with E-state index in [1.54, 1.807) is 7.11 Å². The summed E-state index contributed by atoms with van der Waals surface area (Å²) in [7, 11) is 1.76. The molecule has 4 rings (SSSR count). The van der Waals surface area contributed by atoms with Gasteiger partial charge in [0.05, 0.1) is 12.3 Å². The van der Waals surface area contributed by atoms with Gasteiger partial charge in [0.15, 0.2) is 5.15 Å². The molecule has 0 aliphatic carbocycles. The summed E-state index contributed by atoms with van der Waals surface area (Å²) in [6.45, 7) is 7.66. The number of likely N-dealkylation sites (tertiary alicyclic amines) is 1. The van der Waals surface area contributed by atoms with E-state index < -0.39 is 0 Å². The Morgan fingerprint density at radius 3 is 2.39 bits per heavy atom. The van der Waals surface area contributed by atoms with Crippen molar-refractivity contribution in [1.29, 1.82) is 0 Å². The summed E-state index contributed by atoms with van der Waals surface area (Å²) in [4.78, 5) is 7.55. The van der Waals surface area contributed by atoms with Crippen molar-refractivity contribution in [3.05, 3.63) is 76.1 Å². The van der Waals surface area contributed by atoms with Crippen LogP contribution in [0.3, 0.4) is 0 Å². The zero-order valence-corrected chi connectivity index (χ0v) is 20.9. The van der Waals surface area contributed by atoms with Gasteiger partial charge in [0.25, 0.3) is 0 Å². The van der Waals surface area contributed by atoms with Crippen molar-refractivity contribution in [3.8, 4) is 11.4 Å². The van der Waals surface area contributed by atoms with Crippen LogP contribution < -0.4 is 0 Å². The highest BCUT2D eigenvalue weighted by Gasteiger charge is 2.28. The van der Waals surface area contributed by atoms with Crippen LogP contribution in [0, 0.1) is 0 Å². The summed E-state index contributed by atoms with van der Waals surface area (Å²) in [5, 5.41) is 0.617. The van der Waals surface area contributed by atoms with Gasteiger partial charge in [0, 0.05) is 31.8 Å². The first-order valence-corrected chi connectivity index (χ1v) is 12.7. The third-order valence-corrected chi connectivity index (χ3v) is 7.22. The molecule has 2 aromatic carbocycles. The van der Waals surface area contributed by atoms with E-state index in [4.69, 9.17) is 21.3 Å². The molecule has 1 aromatic heterocycles. The third kappa shape index (κ3) is 5.18. The number of nitrogens with zero attached hydrogens (tertiary/aromatic N) is 3. The van der Waals surface area contributed by atoms with E-state index in [2.05, 4.69) is 71.8 Å². The largest absolute Gasteiger partial charge is 0.383 e. The number of methoxy groups -OCH3 is 1. The van der Waals surface area contributed by atoms with E-state index in [1.807, 2.05) is 0 Å². The molecule has 0 bridgehead atoms. The molecule has 1 aliphatic rings. The van der Waals surface area contributed by atoms with Crippen LogP contribution in [0.4, 0.5) is 0 Å². The smallest absolute Gasteiger partial charge is 0.152 e. The number of ether oxygens (including phenoxy) is 1. The van der Waals surface area contributed by atoms with Gasteiger partial charge in [-0.05, 0) is 48.9 Å². The Kier molecular flexibility index (Phi) is 8.24. The fourth-order valence-electron chi connectivity index (χ4n) is 5.18. The predicted molar refractivity (Wildman–Crippen MR) is 137 cm³/mol. The van der Waals surface area contributed by atoms with E-state index in [1.165, 1.54) is 41.5 Å². The van der Waals surface area contributed by atoms with Crippen LogP contribution >= 0.6 is 11.6 Å². The molecule has 1 atom stereocenters. The SMILES string of the molecule is CCc1cccc(CC)c1-c1nc(Cl)c(CN2CCCCC2c2ccccc2)n1CCOC. The van der Waals surface area contributed by atoms with Gasteiger partial charge < -0.3 is 9.30 Å². The van der Waals surface area contributed by atoms with Crippen molar-refractivity contribution in [3.63, 3.8) is 0 Å². The lowest BCUT2D eigenvalue weighted by molar-refractivity contribution is 0.135. The molecule has 1 aliphatic heterocycles. The molecule has 1 saturated heterocycles. The molecule has 1 fully saturated rings. The number of halogens is 1. The Morgan fingerprint density at radius 1 is 1.00 bits per heavy atom. The van der Waals surface area contributed by atoms with Crippen LogP contribution in [0.1, 0.15) is 61.5 Å². The molecule has 4 nitrogen and oxygen atoms in total. The molecular formula is C28H36ClN3O. The lowest BCUT2D eigenvalue weighted by Crippen LogP contribution is -2.33. The molecule has 3 aromatic rings. The summed E-state index contributed by atoms with van der Waals surface area (Å²) in [5.74, 6) is 0.981. The minimum absolute atomic E-state index is 0.416. The Labute approximate surface area is 203 Å². The number of rotatable bonds is 9. The summed E-state index contributed by atoms with van der Waals surface area (Å²) >= 11 is 6.88.